The molecule has 1 fully saturated rings. The lowest BCUT2D eigenvalue weighted by Crippen LogP contribution is -2.47. The Kier molecular flexibility index (Phi) is 6.37. The quantitative estimate of drug-likeness (QED) is 0.754. The summed E-state index contributed by atoms with van der Waals surface area (Å²) in [7, 11) is 0. The zero-order chi connectivity index (χ0) is 12.7. The van der Waals surface area contributed by atoms with Crippen LogP contribution in [0.2, 0.25) is 0 Å². The molecule has 0 aromatic rings. The second kappa shape index (κ2) is 7.28. The number of thioether (sulfide) groups is 1. The predicted molar refractivity (Wildman–Crippen MR) is 76.2 cm³/mol. The third kappa shape index (κ3) is 4.19. The van der Waals surface area contributed by atoms with Crippen LogP contribution in [0.4, 0.5) is 0 Å². The molecule has 1 rings (SSSR count). The molecule has 1 N–H and O–H groups in total. The summed E-state index contributed by atoms with van der Waals surface area (Å²) < 4.78 is 0. The number of rotatable bonds is 7. The smallest absolute Gasteiger partial charge is 0.109 e. The Morgan fingerprint density at radius 2 is 2.29 bits per heavy atom. The van der Waals surface area contributed by atoms with Crippen molar-refractivity contribution in [3.05, 3.63) is 0 Å². The number of hydrogen-bond donors (Lipinski definition) is 1. The zero-order valence-corrected chi connectivity index (χ0v) is 12.3. The fraction of sp³-hybridized carbons (Fsp3) is 0.929. The molecular weight excluding hydrogens is 228 g/mol. The van der Waals surface area contributed by atoms with Crippen LogP contribution in [0.5, 0.6) is 0 Å². The first-order valence-electron chi connectivity index (χ1n) is 6.92. The van der Waals surface area contributed by atoms with E-state index in [4.69, 9.17) is 0 Å². The van der Waals surface area contributed by atoms with Gasteiger partial charge in [0.2, 0.25) is 0 Å². The molecule has 1 saturated carbocycles. The summed E-state index contributed by atoms with van der Waals surface area (Å²) in [6.45, 7) is 7.62. The van der Waals surface area contributed by atoms with Gasteiger partial charge in [-0.05, 0) is 49.1 Å². The van der Waals surface area contributed by atoms with Gasteiger partial charge >= 0.3 is 0 Å². The first-order chi connectivity index (χ1) is 8.14. The second-order valence-corrected chi connectivity index (χ2v) is 6.99. The van der Waals surface area contributed by atoms with Gasteiger partial charge in [-0.2, -0.15) is 17.0 Å². The minimum absolute atomic E-state index is 0.215. The molecule has 2 nitrogen and oxygen atoms in total. The van der Waals surface area contributed by atoms with Crippen LogP contribution in [-0.4, -0.2) is 23.1 Å². The van der Waals surface area contributed by atoms with Crippen LogP contribution in [-0.2, 0) is 0 Å². The minimum atomic E-state index is -0.215. The van der Waals surface area contributed by atoms with Gasteiger partial charge in [-0.1, -0.05) is 27.2 Å². The lowest BCUT2D eigenvalue weighted by Gasteiger charge is -2.30. The molecule has 2 unspecified atom stereocenters. The van der Waals surface area contributed by atoms with Gasteiger partial charge in [-0.25, -0.2) is 0 Å². The summed E-state index contributed by atoms with van der Waals surface area (Å²) in [6.07, 6.45) is 5.77. The Morgan fingerprint density at radius 1 is 1.53 bits per heavy atom. The second-order valence-electron chi connectivity index (χ2n) is 5.31. The third-order valence-corrected chi connectivity index (χ3v) is 4.77. The zero-order valence-electron chi connectivity index (χ0n) is 11.5. The van der Waals surface area contributed by atoms with E-state index >= 15 is 0 Å². The Hall–Kier alpha value is -0.200. The van der Waals surface area contributed by atoms with Gasteiger partial charge in [-0.15, -0.1) is 0 Å². The molecule has 0 radical (unpaired) electrons. The van der Waals surface area contributed by atoms with E-state index in [-0.39, 0.29) is 5.54 Å². The van der Waals surface area contributed by atoms with Gasteiger partial charge in [0.1, 0.15) is 5.54 Å². The van der Waals surface area contributed by atoms with Crippen LogP contribution in [0.25, 0.3) is 0 Å². The maximum atomic E-state index is 9.50. The minimum Gasteiger partial charge on any atom is -0.299 e. The molecule has 0 bridgehead atoms. The highest BCUT2D eigenvalue weighted by Gasteiger charge is 2.42. The summed E-state index contributed by atoms with van der Waals surface area (Å²) in [4.78, 5) is 0. The molecule has 0 aromatic heterocycles. The number of hydrogen-bond acceptors (Lipinski definition) is 3. The Balaban J connectivity index is 2.48. The van der Waals surface area contributed by atoms with Gasteiger partial charge in [0.05, 0.1) is 6.07 Å². The summed E-state index contributed by atoms with van der Waals surface area (Å²) in [5, 5.41) is 13.7. The third-order valence-electron chi connectivity index (χ3n) is 3.63. The molecule has 0 heterocycles. The lowest BCUT2D eigenvalue weighted by molar-refractivity contribution is 0.311. The number of nitrogens with one attached hydrogen (secondary N) is 1. The number of nitrogens with zero attached hydrogens (tertiary/aromatic N) is 1. The van der Waals surface area contributed by atoms with Gasteiger partial charge in [0, 0.05) is 0 Å². The van der Waals surface area contributed by atoms with Crippen molar-refractivity contribution in [1.82, 2.24) is 5.32 Å². The molecule has 0 amide bonds. The molecular formula is C14H26N2S. The van der Waals surface area contributed by atoms with E-state index in [0.717, 1.165) is 19.4 Å². The molecule has 98 valence electrons. The van der Waals surface area contributed by atoms with Crippen molar-refractivity contribution in [2.45, 2.75) is 63.7 Å². The van der Waals surface area contributed by atoms with Crippen molar-refractivity contribution >= 4 is 11.8 Å². The normalized spacial score (nSPS) is 28.5. The summed E-state index contributed by atoms with van der Waals surface area (Å²) in [5.41, 5.74) is -0.215. The summed E-state index contributed by atoms with van der Waals surface area (Å²) >= 11 is 2.02. The Bertz CT molecular complexity index is 259. The molecule has 2 atom stereocenters. The first kappa shape index (κ1) is 14.9. The fourth-order valence-corrected chi connectivity index (χ4v) is 3.57. The van der Waals surface area contributed by atoms with Crippen molar-refractivity contribution < 1.29 is 0 Å². The molecule has 0 spiro atoms. The molecule has 1 aliphatic carbocycles. The molecule has 3 heteroatoms. The largest absolute Gasteiger partial charge is 0.299 e. The highest BCUT2D eigenvalue weighted by molar-refractivity contribution is 7.99. The molecule has 0 aromatic carbocycles. The van der Waals surface area contributed by atoms with E-state index in [0.29, 0.717) is 11.2 Å². The van der Waals surface area contributed by atoms with E-state index in [9.17, 15) is 5.26 Å². The van der Waals surface area contributed by atoms with Crippen LogP contribution < -0.4 is 5.32 Å². The van der Waals surface area contributed by atoms with Crippen molar-refractivity contribution in [2.24, 2.45) is 5.92 Å². The van der Waals surface area contributed by atoms with Crippen LogP contribution >= 0.6 is 11.8 Å². The van der Waals surface area contributed by atoms with Crippen LogP contribution in [0.15, 0.2) is 0 Å². The van der Waals surface area contributed by atoms with Crippen molar-refractivity contribution in [2.75, 3.05) is 12.3 Å². The predicted octanol–water partition coefficient (Wildman–Crippen LogP) is 3.58. The van der Waals surface area contributed by atoms with Crippen LogP contribution in [0, 0.1) is 17.2 Å². The van der Waals surface area contributed by atoms with Gasteiger partial charge in [-0.3, -0.25) is 5.32 Å². The Labute approximate surface area is 111 Å². The van der Waals surface area contributed by atoms with Crippen molar-refractivity contribution in [3.63, 3.8) is 0 Å². The molecule has 0 aliphatic heterocycles. The average molecular weight is 254 g/mol. The van der Waals surface area contributed by atoms with E-state index < -0.39 is 0 Å². The van der Waals surface area contributed by atoms with Gasteiger partial charge in [0.15, 0.2) is 0 Å². The summed E-state index contributed by atoms with van der Waals surface area (Å²) in [6, 6.07) is 2.58. The lowest BCUT2D eigenvalue weighted by atomic mass is 9.86. The van der Waals surface area contributed by atoms with Gasteiger partial charge in [0.25, 0.3) is 0 Å². The summed E-state index contributed by atoms with van der Waals surface area (Å²) in [5.74, 6) is 1.75. The molecule has 0 saturated heterocycles. The van der Waals surface area contributed by atoms with E-state index in [1.54, 1.807) is 0 Å². The van der Waals surface area contributed by atoms with Crippen molar-refractivity contribution in [3.8, 4) is 6.07 Å². The SMILES string of the molecule is CCCNC1(C#N)CCCC1CCSC(C)C. The molecule has 17 heavy (non-hydrogen) atoms. The van der Waals surface area contributed by atoms with Crippen LogP contribution in [0.1, 0.15) is 52.9 Å². The van der Waals surface area contributed by atoms with E-state index in [1.165, 1.54) is 25.0 Å². The van der Waals surface area contributed by atoms with Crippen molar-refractivity contribution in [1.29, 1.82) is 5.26 Å². The topological polar surface area (TPSA) is 35.8 Å². The first-order valence-corrected chi connectivity index (χ1v) is 7.97. The fourth-order valence-electron chi connectivity index (χ4n) is 2.68. The monoisotopic (exact) mass is 254 g/mol. The average Bonchev–Trinajstić information content (AvgIpc) is 2.70. The standard InChI is InChI=1S/C14H26N2S/c1-4-9-16-14(11-15)8-5-6-13(14)7-10-17-12(2)3/h12-13,16H,4-10H2,1-3H3. The maximum Gasteiger partial charge on any atom is 0.109 e. The number of nitriles is 1. The molecule has 1 aliphatic rings. The highest BCUT2D eigenvalue weighted by Crippen LogP contribution is 2.38. The van der Waals surface area contributed by atoms with Crippen LogP contribution in [0.3, 0.4) is 0 Å². The maximum absolute atomic E-state index is 9.50. The highest BCUT2D eigenvalue weighted by atomic mass is 32.2. The van der Waals surface area contributed by atoms with E-state index in [2.05, 4.69) is 32.2 Å². The Morgan fingerprint density at radius 3 is 2.88 bits per heavy atom. The van der Waals surface area contributed by atoms with Gasteiger partial charge < -0.3 is 0 Å². The van der Waals surface area contributed by atoms with E-state index in [1.807, 2.05) is 11.8 Å².